The first-order valence-corrected chi connectivity index (χ1v) is 6.17. The number of carbonyl (C=O) groups is 3. The Bertz CT molecular complexity index is 311. The number of nitrogens with two attached hydrogens (primary N) is 4. The van der Waals surface area contributed by atoms with Crippen LogP contribution in [0.2, 0.25) is 0 Å². The maximum atomic E-state index is 10.1. The van der Waals surface area contributed by atoms with E-state index in [1.165, 1.54) is 0 Å². The van der Waals surface area contributed by atoms with Crippen molar-refractivity contribution in [2.24, 2.45) is 22.9 Å². The topological polar surface area (TPSA) is 196 Å². The average Bonchev–Trinajstić information content (AvgIpc) is 2.36. The highest BCUT2D eigenvalue weighted by molar-refractivity contribution is 5.77. The molecule has 0 aromatic carbocycles. The number of amides is 1. The van der Waals surface area contributed by atoms with E-state index < -0.39 is 29.9 Å². The van der Waals surface area contributed by atoms with Gasteiger partial charge in [-0.3, -0.25) is 14.4 Å². The Kier molecular flexibility index (Phi) is 12.7. The Balaban J connectivity index is 0. The van der Waals surface area contributed by atoms with Gasteiger partial charge in [0.1, 0.15) is 12.1 Å². The van der Waals surface area contributed by atoms with Gasteiger partial charge < -0.3 is 33.1 Å². The van der Waals surface area contributed by atoms with Crippen LogP contribution in [0.25, 0.3) is 0 Å². The van der Waals surface area contributed by atoms with Crippen LogP contribution in [0.15, 0.2) is 0 Å². The van der Waals surface area contributed by atoms with E-state index in [4.69, 9.17) is 33.1 Å². The largest absolute Gasteiger partial charge is 0.480 e. The third-order valence-electron chi connectivity index (χ3n) is 2.31. The molecule has 0 saturated carbocycles. The lowest BCUT2D eigenvalue weighted by Crippen LogP contribution is -2.31. The van der Waals surface area contributed by atoms with Gasteiger partial charge in [-0.15, -0.1) is 0 Å². The van der Waals surface area contributed by atoms with Gasteiger partial charge in [0.2, 0.25) is 5.91 Å². The highest BCUT2D eigenvalue weighted by atomic mass is 16.4. The van der Waals surface area contributed by atoms with Gasteiger partial charge in [-0.25, -0.2) is 0 Å². The number of aliphatic carboxylic acids is 2. The molecule has 0 aliphatic carbocycles. The summed E-state index contributed by atoms with van der Waals surface area (Å²) in [6.45, 7) is 0.604. The predicted octanol–water partition coefficient (Wildman–Crippen LogP) is -1.81. The summed E-state index contributed by atoms with van der Waals surface area (Å²) in [5, 5.41) is 16.5. The first-order valence-electron chi connectivity index (χ1n) is 6.17. The first-order chi connectivity index (χ1) is 9.22. The molecule has 0 bridgehead atoms. The molecule has 0 heterocycles. The van der Waals surface area contributed by atoms with Gasteiger partial charge >= 0.3 is 11.9 Å². The summed E-state index contributed by atoms with van der Waals surface area (Å²) in [6, 6.07) is -1.70. The van der Waals surface area contributed by atoms with E-state index in [0.717, 1.165) is 12.8 Å². The zero-order valence-corrected chi connectivity index (χ0v) is 11.3. The van der Waals surface area contributed by atoms with E-state index in [0.29, 0.717) is 13.0 Å². The lowest BCUT2D eigenvalue weighted by atomic mass is 10.1. The fourth-order valence-corrected chi connectivity index (χ4v) is 1.05. The highest BCUT2D eigenvalue weighted by Gasteiger charge is 2.11. The van der Waals surface area contributed by atoms with Crippen LogP contribution in [-0.2, 0) is 14.4 Å². The number of hydrogen-bond acceptors (Lipinski definition) is 6. The summed E-state index contributed by atoms with van der Waals surface area (Å²) >= 11 is 0. The highest BCUT2D eigenvalue weighted by Crippen LogP contribution is 1.97. The molecule has 9 heteroatoms. The Morgan fingerprint density at radius 3 is 1.70 bits per heavy atom. The van der Waals surface area contributed by atoms with Crippen molar-refractivity contribution in [3.05, 3.63) is 0 Å². The van der Waals surface area contributed by atoms with Crippen molar-refractivity contribution in [3.8, 4) is 0 Å². The summed E-state index contributed by atoms with van der Waals surface area (Å²) in [7, 11) is 0. The third kappa shape index (κ3) is 14.4. The molecule has 0 aromatic heterocycles. The molecular weight excluding hydrogens is 268 g/mol. The van der Waals surface area contributed by atoms with Crippen molar-refractivity contribution in [3.63, 3.8) is 0 Å². The van der Waals surface area contributed by atoms with Gasteiger partial charge in [0.05, 0.1) is 0 Å². The zero-order chi connectivity index (χ0) is 16.1. The summed E-state index contributed by atoms with van der Waals surface area (Å²) in [5.74, 6) is -2.57. The number of carbonyl (C=O) groups excluding carboxylic acids is 1. The Morgan fingerprint density at radius 2 is 1.35 bits per heavy atom. The Hall–Kier alpha value is -1.71. The van der Waals surface area contributed by atoms with Gasteiger partial charge in [0.25, 0.3) is 0 Å². The second kappa shape index (κ2) is 12.3. The number of unbranched alkanes of at least 4 members (excludes halogenated alkanes) is 1. The van der Waals surface area contributed by atoms with Crippen LogP contribution in [0, 0.1) is 0 Å². The van der Waals surface area contributed by atoms with Crippen LogP contribution in [0.3, 0.4) is 0 Å². The molecule has 118 valence electrons. The van der Waals surface area contributed by atoms with Gasteiger partial charge in [-0.05, 0) is 25.8 Å². The molecule has 9 nitrogen and oxygen atoms in total. The molecular formula is C11H24N4O5. The molecule has 10 N–H and O–H groups in total. The van der Waals surface area contributed by atoms with Crippen LogP contribution >= 0.6 is 0 Å². The van der Waals surface area contributed by atoms with Crippen molar-refractivity contribution >= 4 is 17.8 Å². The molecule has 20 heavy (non-hydrogen) atoms. The molecule has 1 amide bonds. The molecule has 0 unspecified atom stereocenters. The van der Waals surface area contributed by atoms with Crippen molar-refractivity contribution in [1.29, 1.82) is 0 Å². The Labute approximate surface area is 117 Å². The molecule has 0 rings (SSSR count). The van der Waals surface area contributed by atoms with E-state index in [-0.39, 0.29) is 12.8 Å². The van der Waals surface area contributed by atoms with Crippen molar-refractivity contribution in [2.45, 2.75) is 44.2 Å². The smallest absolute Gasteiger partial charge is 0.320 e. The van der Waals surface area contributed by atoms with Gasteiger partial charge in [0.15, 0.2) is 0 Å². The van der Waals surface area contributed by atoms with Crippen LogP contribution < -0.4 is 22.9 Å². The number of hydrogen-bond donors (Lipinski definition) is 6. The minimum Gasteiger partial charge on any atom is -0.480 e. The average molecular weight is 292 g/mol. The SMILES string of the molecule is NC(=O)CC[C@@H](N)C(=O)O.NCCCC[C@H](N)C(=O)O. The van der Waals surface area contributed by atoms with E-state index in [9.17, 15) is 14.4 Å². The van der Waals surface area contributed by atoms with Crippen molar-refractivity contribution in [1.82, 2.24) is 0 Å². The molecule has 0 aliphatic heterocycles. The summed E-state index contributed by atoms with van der Waals surface area (Å²) in [5.41, 5.74) is 20.2. The number of carboxylic acid groups (broad SMARTS) is 2. The van der Waals surface area contributed by atoms with Crippen molar-refractivity contribution in [2.75, 3.05) is 6.54 Å². The summed E-state index contributed by atoms with van der Waals surface area (Å²) in [6.07, 6.45) is 2.29. The fourth-order valence-electron chi connectivity index (χ4n) is 1.05. The monoisotopic (exact) mass is 292 g/mol. The second-order valence-electron chi connectivity index (χ2n) is 4.18. The fraction of sp³-hybridized carbons (Fsp3) is 0.727. The zero-order valence-electron chi connectivity index (χ0n) is 11.3. The van der Waals surface area contributed by atoms with Crippen LogP contribution in [-0.4, -0.2) is 46.7 Å². The van der Waals surface area contributed by atoms with Crippen LogP contribution in [0.1, 0.15) is 32.1 Å². The summed E-state index contributed by atoms with van der Waals surface area (Å²) in [4.78, 5) is 30.3. The molecule has 0 aromatic rings. The van der Waals surface area contributed by atoms with Crippen LogP contribution in [0.4, 0.5) is 0 Å². The van der Waals surface area contributed by atoms with E-state index >= 15 is 0 Å². The van der Waals surface area contributed by atoms with E-state index in [1.807, 2.05) is 0 Å². The quantitative estimate of drug-likeness (QED) is 0.267. The maximum Gasteiger partial charge on any atom is 0.320 e. The standard InChI is InChI=1S/C6H14N2O2.C5H10N2O3/c7-4-2-1-3-5(8)6(9)10;6-3(5(9)10)1-2-4(7)8/h5H,1-4,7-8H2,(H,9,10);3H,1-2,6H2,(H2,7,8)(H,9,10)/t5-;3-/m01/s1. The van der Waals surface area contributed by atoms with E-state index in [1.54, 1.807) is 0 Å². The number of primary amides is 1. The minimum absolute atomic E-state index is 0.0213. The molecule has 0 saturated heterocycles. The molecule has 0 spiro atoms. The predicted molar refractivity (Wildman–Crippen MR) is 72.6 cm³/mol. The van der Waals surface area contributed by atoms with E-state index in [2.05, 4.69) is 0 Å². The minimum atomic E-state index is -1.11. The molecule has 0 aliphatic rings. The van der Waals surface area contributed by atoms with Crippen LogP contribution in [0.5, 0.6) is 0 Å². The third-order valence-corrected chi connectivity index (χ3v) is 2.31. The normalized spacial score (nSPS) is 12.8. The number of rotatable bonds is 9. The first kappa shape index (κ1) is 20.6. The maximum absolute atomic E-state index is 10.1. The van der Waals surface area contributed by atoms with Crippen molar-refractivity contribution < 1.29 is 24.6 Å². The molecule has 0 fully saturated rings. The lowest BCUT2D eigenvalue weighted by molar-refractivity contribution is -0.139. The number of carboxylic acids is 2. The van der Waals surface area contributed by atoms with Gasteiger partial charge in [0, 0.05) is 6.42 Å². The van der Waals surface area contributed by atoms with Gasteiger partial charge in [-0.2, -0.15) is 0 Å². The Morgan fingerprint density at radius 1 is 0.900 bits per heavy atom. The lowest BCUT2D eigenvalue weighted by Gasteiger charge is -2.03. The summed E-state index contributed by atoms with van der Waals surface area (Å²) < 4.78 is 0. The van der Waals surface area contributed by atoms with Gasteiger partial charge in [-0.1, -0.05) is 6.42 Å². The molecule has 2 atom stereocenters. The second-order valence-corrected chi connectivity index (χ2v) is 4.18. The molecule has 0 radical (unpaired) electrons.